The molecule has 0 N–H and O–H groups in total. The first-order valence-electron chi connectivity index (χ1n) is 10.2. The summed E-state index contributed by atoms with van der Waals surface area (Å²) >= 11 is 1.51. The van der Waals surface area contributed by atoms with Crippen LogP contribution in [-0.2, 0) is 15.3 Å². The summed E-state index contributed by atoms with van der Waals surface area (Å²) in [5.74, 6) is -0.147. The van der Waals surface area contributed by atoms with E-state index in [0.29, 0.717) is 16.9 Å². The van der Waals surface area contributed by atoms with Gasteiger partial charge in [0.15, 0.2) is 6.61 Å². The van der Waals surface area contributed by atoms with Gasteiger partial charge in [-0.3, -0.25) is 4.79 Å². The lowest BCUT2D eigenvalue weighted by atomic mass is 10.1. The van der Waals surface area contributed by atoms with E-state index in [-0.39, 0.29) is 18.6 Å². The van der Waals surface area contributed by atoms with Crippen LogP contribution in [0.25, 0.3) is 0 Å². The highest BCUT2D eigenvalue weighted by molar-refractivity contribution is 7.98. The number of ether oxygens (including phenoxy) is 1. The SMILES string of the molecule is CC(c1ccccc1)N(C)C(=O)COC(=O)c1ccccc1SCc1ccc(C#N)cc1. The largest absolute Gasteiger partial charge is 0.452 e. The molecule has 0 radical (unpaired) electrons. The maximum atomic E-state index is 12.7. The summed E-state index contributed by atoms with van der Waals surface area (Å²) in [6.45, 7) is 1.62. The van der Waals surface area contributed by atoms with Gasteiger partial charge < -0.3 is 9.64 Å². The van der Waals surface area contributed by atoms with Crippen molar-refractivity contribution in [3.8, 4) is 6.07 Å². The standard InChI is InChI=1S/C26H24N2O3S/c1-19(22-8-4-3-5-9-22)28(2)25(29)17-31-26(30)23-10-6-7-11-24(23)32-18-21-14-12-20(16-27)13-15-21/h3-15,19H,17-18H2,1-2H3. The molecule has 1 unspecified atom stereocenters. The number of nitriles is 1. The quantitative estimate of drug-likeness (QED) is 0.352. The van der Waals surface area contributed by atoms with E-state index in [4.69, 9.17) is 10.00 Å². The molecule has 0 spiro atoms. The molecule has 32 heavy (non-hydrogen) atoms. The van der Waals surface area contributed by atoms with Gasteiger partial charge in [-0.1, -0.05) is 54.6 Å². The Hall–Kier alpha value is -3.56. The zero-order chi connectivity index (χ0) is 22.9. The smallest absolute Gasteiger partial charge is 0.339 e. The fourth-order valence-corrected chi connectivity index (χ4v) is 4.07. The maximum absolute atomic E-state index is 12.7. The van der Waals surface area contributed by atoms with Crippen LogP contribution in [0, 0.1) is 11.3 Å². The molecule has 1 atom stereocenters. The average Bonchev–Trinajstić information content (AvgIpc) is 2.85. The zero-order valence-electron chi connectivity index (χ0n) is 18.0. The second kappa shape index (κ2) is 11.2. The summed E-state index contributed by atoms with van der Waals surface area (Å²) in [4.78, 5) is 27.6. The van der Waals surface area contributed by atoms with Crippen LogP contribution in [0.3, 0.4) is 0 Å². The zero-order valence-corrected chi connectivity index (χ0v) is 18.8. The number of esters is 1. The van der Waals surface area contributed by atoms with Crippen molar-refractivity contribution < 1.29 is 14.3 Å². The molecule has 3 rings (SSSR count). The normalized spacial score (nSPS) is 11.3. The van der Waals surface area contributed by atoms with Crippen LogP contribution in [0.2, 0.25) is 0 Å². The molecule has 5 nitrogen and oxygen atoms in total. The van der Waals surface area contributed by atoms with Crippen LogP contribution >= 0.6 is 11.8 Å². The fraction of sp³-hybridized carbons (Fsp3) is 0.192. The number of rotatable bonds is 8. The third-order valence-electron chi connectivity index (χ3n) is 5.17. The van der Waals surface area contributed by atoms with Crippen LogP contribution < -0.4 is 0 Å². The van der Waals surface area contributed by atoms with Crippen molar-refractivity contribution in [1.29, 1.82) is 5.26 Å². The molecule has 0 aliphatic heterocycles. The van der Waals surface area contributed by atoms with Crippen molar-refractivity contribution >= 4 is 23.6 Å². The van der Waals surface area contributed by atoms with Crippen LogP contribution in [0.15, 0.2) is 83.8 Å². The molecule has 0 fully saturated rings. The van der Waals surface area contributed by atoms with Gasteiger partial charge in [0, 0.05) is 17.7 Å². The molecule has 0 saturated carbocycles. The van der Waals surface area contributed by atoms with Gasteiger partial charge in [0.25, 0.3) is 5.91 Å². The molecule has 0 aliphatic carbocycles. The van der Waals surface area contributed by atoms with E-state index in [1.807, 2.05) is 61.5 Å². The van der Waals surface area contributed by atoms with Crippen molar-refractivity contribution in [1.82, 2.24) is 4.90 Å². The van der Waals surface area contributed by atoms with Gasteiger partial charge in [-0.05, 0) is 42.3 Å². The second-order valence-corrected chi connectivity index (χ2v) is 8.28. The molecule has 0 saturated heterocycles. The first-order valence-corrected chi connectivity index (χ1v) is 11.2. The second-order valence-electron chi connectivity index (χ2n) is 7.26. The minimum absolute atomic E-state index is 0.127. The highest BCUT2D eigenvalue weighted by Gasteiger charge is 2.20. The third-order valence-corrected chi connectivity index (χ3v) is 6.31. The van der Waals surface area contributed by atoms with Gasteiger partial charge in [0.1, 0.15) is 0 Å². The van der Waals surface area contributed by atoms with Crippen molar-refractivity contribution in [3.05, 3.63) is 101 Å². The van der Waals surface area contributed by atoms with Crippen molar-refractivity contribution in [3.63, 3.8) is 0 Å². The van der Waals surface area contributed by atoms with E-state index in [2.05, 4.69) is 6.07 Å². The van der Waals surface area contributed by atoms with Crippen LogP contribution in [0.1, 0.15) is 40.0 Å². The molecule has 6 heteroatoms. The topological polar surface area (TPSA) is 70.4 Å². The molecule has 0 aromatic heterocycles. The van der Waals surface area contributed by atoms with Gasteiger partial charge in [-0.25, -0.2) is 4.79 Å². The Balaban J connectivity index is 1.59. The number of nitrogens with zero attached hydrogens (tertiary/aromatic N) is 2. The Morgan fingerprint density at radius 2 is 1.66 bits per heavy atom. The van der Waals surface area contributed by atoms with E-state index in [0.717, 1.165) is 16.0 Å². The Labute approximate surface area is 192 Å². The summed E-state index contributed by atoms with van der Waals surface area (Å²) in [5, 5.41) is 8.91. The maximum Gasteiger partial charge on any atom is 0.339 e. The third kappa shape index (κ3) is 5.99. The molecule has 1 amide bonds. The van der Waals surface area contributed by atoms with Gasteiger partial charge in [0.2, 0.25) is 0 Å². The number of likely N-dealkylation sites (N-methyl/N-ethyl adjacent to an activating group) is 1. The molecule has 0 aliphatic rings. The number of thioether (sulfide) groups is 1. The predicted molar refractivity (Wildman–Crippen MR) is 125 cm³/mol. The van der Waals surface area contributed by atoms with Gasteiger partial charge in [-0.15, -0.1) is 11.8 Å². The first-order chi connectivity index (χ1) is 15.5. The number of hydrogen-bond acceptors (Lipinski definition) is 5. The molecular formula is C26H24N2O3S. The molecule has 3 aromatic carbocycles. The molecule has 3 aromatic rings. The van der Waals surface area contributed by atoms with Crippen molar-refractivity contribution in [2.45, 2.75) is 23.6 Å². The molecule has 162 valence electrons. The lowest BCUT2D eigenvalue weighted by Gasteiger charge is -2.25. The lowest BCUT2D eigenvalue weighted by molar-refractivity contribution is -0.135. The van der Waals surface area contributed by atoms with E-state index >= 15 is 0 Å². The van der Waals surface area contributed by atoms with Crippen molar-refractivity contribution in [2.75, 3.05) is 13.7 Å². The van der Waals surface area contributed by atoms with Crippen LogP contribution in [-0.4, -0.2) is 30.4 Å². The monoisotopic (exact) mass is 444 g/mol. The van der Waals surface area contributed by atoms with Gasteiger partial charge in [-0.2, -0.15) is 5.26 Å². The molecule has 0 bridgehead atoms. The Kier molecular flexibility index (Phi) is 8.07. The minimum atomic E-state index is -0.526. The van der Waals surface area contributed by atoms with E-state index in [9.17, 15) is 9.59 Å². The minimum Gasteiger partial charge on any atom is -0.452 e. The number of hydrogen-bond donors (Lipinski definition) is 0. The van der Waals surface area contributed by atoms with Gasteiger partial charge >= 0.3 is 5.97 Å². The van der Waals surface area contributed by atoms with Crippen LogP contribution in [0.4, 0.5) is 0 Å². The molecular weight excluding hydrogens is 420 g/mol. The van der Waals surface area contributed by atoms with E-state index < -0.39 is 5.97 Å². The molecule has 0 heterocycles. The average molecular weight is 445 g/mol. The van der Waals surface area contributed by atoms with E-state index in [1.54, 1.807) is 36.2 Å². The summed E-state index contributed by atoms with van der Waals surface area (Å²) in [6, 6.07) is 26.2. The Morgan fingerprint density at radius 3 is 2.34 bits per heavy atom. The van der Waals surface area contributed by atoms with Crippen molar-refractivity contribution in [2.24, 2.45) is 0 Å². The van der Waals surface area contributed by atoms with E-state index in [1.165, 1.54) is 11.8 Å². The summed E-state index contributed by atoms with van der Waals surface area (Å²) < 4.78 is 5.34. The summed E-state index contributed by atoms with van der Waals surface area (Å²) in [5.41, 5.74) is 3.10. The summed E-state index contributed by atoms with van der Waals surface area (Å²) in [7, 11) is 1.70. The van der Waals surface area contributed by atoms with Gasteiger partial charge in [0.05, 0.1) is 23.2 Å². The predicted octanol–water partition coefficient (Wildman–Crippen LogP) is 5.23. The Bertz CT molecular complexity index is 1110. The number of amides is 1. The highest BCUT2D eigenvalue weighted by atomic mass is 32.2. The van der Waals surface area contributed by atoms with Crippen LogP contribution in [0.5, 0.6) is 0 Å². The first kappa shape index (κ1) is 23.1. The fourth-order valence-electron chi connectivity index (χ4n) is 3.08. The highest BCUT2D eigenvalue weighted by Crippen LogP contribution is 2.27. The number of carbonyl (C=O) groups excluding carboxylic acids is 2. The lowest BCUT2D eigenvalue weighted by Crippen LogP contribution is -2.33. The Morgan fingerprint density at radius 1 is 1.00 bits per heavy atom. The number of benzene rings is 3. The summed E-state index contributed by atoms with van der Waals surface area (Å²) in [6.07, 6.45) is 0. The number of carbonyl (C=O) groups is 2.